The van der Waals surface area contributed by atoms with Gasteiger partial charge in [-0.1, -0.05) is 47.2 Å². The summed E-state index contributed by atoms with van der Waals surface area (Å²) < 4.78 is 14.2. The number of carbonyl (C=O) groups excluding carboxylic acids is 1. The zero-order valence-corrected chi connectivity index (χ0v) is 26.0. The smallest absolute Gasteiger partial charge is 0.338 e. The van der Waals surface area contributed by atoms with Crippen molar-refractivity contribution in [2.24, 2.45) is 4.99 Å². The summed E-state index contributed by atoms with van der Waals surface area (Å²) in [5.41, 5.74) is 4.14. The Morgan fingerprint density at radius 1 is 1.12 bits per heavy atom. The fraction of sp³-hybridized carbons (Fsp3) is 0.194. The van der Waals surface area contributed by atoms with Crippen LogP contribution in [-0.2, 0) is 16.1 Å². The molecule has 0 aliphatic carbocycles. The number of allylic oxidation sites excluding steroid dienone is 1. The van der Waals surface area contributed by atoms with Crippen LogP contribution in [0.1, 0.15) is 42.1 Å². The van der Waals surface area contributed by atoms with Crippen LogP contribution < -0.4 is 19.6 Å². The van der Waals surface area contributed by atoms with E-state index in [1.54, 1.807) is 30.5 Å². The molecule has 2 heterocycles. The molecule has 0 spiro atoms. The summed E-state index contributed by atoms with van der Waals surface area (Å²) in [5, 5.41) is 10.9. The Balaban J connectivity index is 1.47. The number of halogens is 1. The lowest BCUT2D eigenvalue weighted by molar-refractivity contribution is -0.384. The van der Waals surface area contributed by atoms with Crippen LogP contribution in [0.4, 0.5) is 5.69 Å². The van der Waals surface area contributed by atoms with Crippen molar-refractivity contribution in [3.63, 3.8) is 0 Å². The van der Waals surface area contributed by atoms with Crippen molar-refractivity contribution in [1.82, 2.24) is 4.57 Å². The highest BCUT2D eigenvalue weighted by atomic mass is 127. The van der Waals surface area contributed by atoms with E-state index < -0.39 is 16.9 Å². The van der Waals surface area contributed by atoms with Crippen LogP contribution in [-0.4, -0.2) is 22.1 Å². The number of aryl methyl sites for hydroxylation is 1. The second-order valence-electron chi connectivity index (χ2n) is 9.62. The van der Waals surface area contributed by atoms with Crippen LogP contribution in [0.25, 0.3) is 6.08 Å². The third kappa shape index (κ3) is 6.07. The van der Waals surface area contributed by atoms with Gasteiger partial charge in [-0.15, -0.1) is 0 Å². The van der Waals surface area contributed by atoms with Crippen LogP contribution in [0.5, 0.6) is 5.75 Å². The number of esters is 1. The van der Waals surface area contributed by atoms with Gasteiger partial charge >= 0.3 is 5.97 Å². The summed E-state index contributed by atoms with van der Waals surface area (Å²) >= 11 is 3.44. The first-order valence-electron chi connectivity index (χ1n) is 13.1. The Morgan fingerprint density at radius 2 is 1.83 bits per heavy atom. The highest BCUT2D eigenvalue weighted by Gasteiger charge is 2.33. The number of hydrogen-bond acceptors (Lipinski definition) is 8. The lowest BCUT2D eigenvalue weighted by Gasteiger charge is -2.24. The molecule has 0 N–H and O–H groups in total. The Bertz CT molecular complexity index is 1890. The van der Waals surface area contributed by atoms with Crippen molar-refractivity contribution < 1.29 is 19.2 Å². The van der Waals surface area contributed by atoms with Crippen LogP contribution in [0.2, 0.25) is 0 Å². The van der Waals surface area contributed by atoms with Gasteiger partial charge < -0.3 is 9.47 Å². The molecule has 9 nitrogen and oxygen atoms in total. The van der Waals surface area contributed by atoms with Crippen molar-refractivity contribution in [3.8, 4) is 5.75 Å². The number of aromatic nitrogens is 1. The van der Waals surface area contributed by atoms with Gasteiger partial charge in [-0.25, -0.2) is 9.79 Å². The number of fused-ring (bicyclic) bond motifs is 1. The summed E-state index contributed by atoms with van der Waals surface area (Å²) in [5.74, 6) is 0.166. The second-order valence-corrected chi connectivity index (χ2v) is 11.8. The van der Waals surface area contributed by atoms with E-state index in [1.807, 2.05) is 55.5 Å². The summed E-state index contributed by atoms with van der Waals surface area (Å²) in [6, 6.07) is 18.9. The largest absolute Gasteiger partial charge is 0.488 e. The van der Waals surface area contributed by atoms with Gasteiger partial charge in [-0.05, 0) is 90.4 Å². The first-order valence-corrected chi connectivity index (χ1v) is 15.0. The van der Waals surface area contributed by atoms with E-state index in [9.17, 15) is 19.7 Å². The molecule has 0 saturated heterocycles. The number of nitro benzene ring substituents is 1. The second kappa shape index (κ2) is 12.4. The van der Waals surface area contributed by atoms with E-state index in [0.717, 1.165) is 25.8 Å². The molecular weight excluding hydrogens is 669 g/mol. The van der Waals surface area contributed by atoms with E-state index in [2.05, 4.69) is 27.6 Å². The van der Waals surface area contributed by atoms with E-state index in [-0.39, 0.29) is 24.5 Å². The molecular formula is C31H26IN3O6S. The van der Waals surface area contributed by atoms with E-state index in [4.69, 9.17) is 9.47 Å². The third-order valence-corrected chi connectivity index (χ3v) is 8.53. The maximum atomic E-state index is 13.8. The van der Waals surface area contributed by atoms with E-state index >= 15 is 0 Å². The molecule has 42 heavy (non-hydrogen) atoms. The van der Waals surface area contributed by atoms with Gasteiger partial charge in [0.25, 0.3) is 11.2 Å². The minimum atomic E-state index is -0.654. The maximum Gasteiger partial charge on any atom is 0.338 e. The van der Waals surface area contributed by atoms with Gasteiger partial charge in [-0.3, -0.25) is 19.5 Å². The molecule has 0 bridgehead atoms. The quantitative estimate of drug-likeness (QED) is 0.109. The highest BCUT2D eigenvalue weighted by Crippen LogP contribution is 2.31. The monoisotopic (exact) mass is 695 g/mol. The topological polar surface area (TPSA) is 113 Å². The number of hydrogen-bond donors (Lipinski definition) is 0. The number of rotatable bonds is 8. The van der Waals surface area contributed by atoms with Crippen molar-refractivity contribution in [1.29, 1.82) is 0 Å². The molecule has 1 atom stereocenters. The van der Waals surface area contributed by atoms with Crippen molar-refractivity contribution in [2.75, 3.05) is 6.61 Å². The molecule has 1 aliphatic rings. The number of nitrogens with zero attached hydrogens (tertiary/aromatic N) is 3. The molecule has 5 rings (SSSR count). The highest BCUT2D eigenvalue weighted by molar-refractivity contribution is 14.1. The Labute approximate surface area is 258 Å². The minimum absolute atomic E-state index is 0.0282. The Kier molecular flexibility index (Phi) is 8.69. The van der Waals surface area contributed by atoms with Gasteiger partial charge in [0, 0.05) is 12.1 Å². The summed E-state index contributed by atoms with van der Waals surface area (Å²) in [6.07, 6.45) is 1.81. The molecule has 1 aromatic heterocycles. The number of nitro groups is 1. The molecule has 0 saturated carbocycles. The normalized spacial score (nSPS) is 14.8. The summed E-state index contributed by atoms with van der Waals surface area (Å²) in [7, 11) is 0. The predicted molar refractivity (Wildman–Crippen MR) is 168 cm³/mol. The zero-order chi connectivity index (χ0) is 30.0. The van der Waals surface area contributed by atoms with Gasteiger partial charge in [-0.2, -0.15) is 0 Å². The SMILES string of the molecule is CCOC(=O)C1=C(C)N=c2s/c(=C/c3ccc(OCc4ccc([N+](=O)[O-])cc4)c(I)c3)c(=O)n2[C@@H]1c1ccc(C)cc1. The van der Waals surface area contributed by atoms with Crippen LogP contribution in [0.15, 0.2) is 87.8 Å². The fourth-order valence-electron chi connectivity index (χ4n) is 4.61. The fourth-order valence-corrected chi connectivity index (χ4v) is 6.35. The van der Waals surface area contributed by atoms with Crippen molar-refractivity contribution in [2.45, 2.75) is 33.4 Å². The maximum absolute atomic E-state index is 13.8. The van der Waals surface area contributed by atoms with Crippen molar-refractivity contribution >= 4 is 51.7 Å². The lowest BCUT2D eigenvalue weighted by atomic mass is 9.95. The molecule has 0 fully saturated rings. The average molecular weight is 696 g/mol. The summed E-state index contributed by atoms with van der Waals surface area (Å²) in [6.45, 7) is 5.97. The van der Waals surface area contributed by atoms with Crippen LogP contribution in [0.3, 0.4) is 0 Å². The predicted octanol–water partition coefficient (Wildman–Crippen LogP) is 5.20. The van der Waals surface area contributed by atoms with Gasteiger partial charge in [0.1, 0.15) is 12.4 Å². The molecule has 0 amide bonds. The molecule has 214 valence electrons. The Hall–Kier alpha value is -4.10. The van der Waals surface area contributed by atoms with E-state index in [1.165, 1.54) is 23.5 Å². The first kappa shape index (κ1) is 29.4. The molecule has 4 aromatic rings. The zero-order valence-electron chi connectivity index (χ0n) is 23.0. The third-order valence-electron chi connectivity index (χ3n) is 6.71. The summed E-state index contributed by atoms with van der Waals surface area (Å²) in [4.78, 5) is 42.4. The Morgan fingerprint density at radius 3 is 2.48 bits per heavy atom. The van der Waals surface area contributed by atoms with Crippen LogP contribution >= 0.6 is 33.9 Å². The standard InChI is InChI=1S/C31H26IN3O6S/c1-4-40-30(37)27-19(3)33-31-34(28(27)22-10-5-18(2)6-11-22)29(36)26(42-31)16-21-9-14-25(24(32)15-21)41-17-20-7-12-23(13-8-20)35(38)39/h5-16,28H,4,17H2,1-3H3/b26-16+/t28-/m1/s1. The van der Waals surface area contributed by atoms with Gasteiger partial charge in [0.05, 0.1) is 36.9 Å². The van der Waals surface area contributed by atoms with Crippen molar-refractivity contribution in [3.05, 3.63) is 134 Å². The van der Waals surface area contributed by atoms with Gasteiger partial charge in [0.15, 0.2) is 4.80 Å². The van der Waals surface area contributed by atoms with Gasteiger partial charge in [0.2, 0.25) is 0 Å². The molecule has 11 heteroatoms. The van der Waals surface area contributed by atoms with E-state index in [0.29, 0.717) is 26.4 Å². The molecule has 1 aliphatic heterocycles. The number of ether oxygens (including phenoxy) is 2. The lowest BCUT2D eigenvalue weighted by Crippen LogP contribution is -2.39. The number of benzene rings is 3. The average Bonchev–Trinajstić information content (AvgIpc) is 3.26. The first-order chi connectivity index (χ1) is 20.2. The number of non-ortho nitro benzene ring substituents is 1. The minimum Gasteiger partial charge on any atom is -0.488 e. The van der Waals surface area contributed by atoms with Crippen LogP contribution in [0, 0.1) is 20.6 Å². The molecule has 3 aromatic carbocycles. The number of thiazole rings is 1. The molecule has 0 radical (unpaired) electrons. The molecule has 0 unspecified atom stereocenters. The number of carbonyl (C=O) groups is 1.